The van der Waals surface area contributed by atoms with E-state index in [1.54, 1.807) is 10.7 Å². The molecule has 6 nitrogen and oxygen atoms in total. The second-order valence-electron chi connectivity index (χ2n) is 8.33. The van der Waals surface area contributed by atoms with Gasteiger partial charge in [-0.15, -0.1) is 5.10 Å². The molecule has 0 bridgehead atoms. The monoisotopic (exact) mass is 482 g/mol. The van der Waals surface area contributed by atoms with E-state index in [0.29, 0.717) is 28.4 Å². The predicted molar refractivity (Wildman–Crippen MR) is 131 cm³/mol. The molecule has 5 rings (SSSR count). The molecule has 1 fully saturated rings. The summed E-state index contributed by atoms with van der Waals surface area (Å²) in [6.45, 7) is 0.379. The van der Waals surface area contributed by atoms with Crippen LogP contribution in [0.4, 0.5) is 5.82 Å². The zero-order chi connectivity index (χ0) is 22.8. The average Bonchev–Trinajstić information content (AvgIpc) is 3.24. The van der Waals surface area contributed by atoms with Crippen LogP contribution < -0.4 is 10.1 Å². The zero-order valence-electron chi connectivity index (χ0n) is 17.9. The number of rotatable bonds is 6. The summed E-state index contributed by atoms with van der Waals surface area (Å²) in [5.41, 5.74) is 3.35. The van der Waals surface area contributed by atoms with Crippen molar-refractivity contribution in [2.75, 3.05) is 5.32 Å². The molecule has 2 aromatic carbocycles. The highest BCUT2D eigenvalue weighted by atomic mass is 35.5. The van der Waals surface area contributed by atoms with Crippen LogP contribution in [0, 0.1) is 0 Å². The van der Waals surface area contributed by atoms with Gasteiger partial charge in [0, 0.05) is 11.6 Å². The molecule has 0 unspecified atom stereocenters. The summed E-state index contributed by atoms with van der Waals surface area (Å²) in [6, 6.07) is 17.7. The van der Waals surface area contributed by atoms with Gasteiger partial charge in [0.05, 0.1) is 28.0 Å². The van der Waals surface area contributed by atoms with Crippen LogP contribution >= 0.6 is 23.2 Å². The Morgan fingerprint density at radius 3 is 2.45 bits per heavy atom. The molecule has 4 aromatic rings. The van der Waals surface area contributed by atoms with Crippen LogP contribution in [0.5, 0.6) is 5.75 Å². The van der Waals surface area contributed by atoms with Crippen molar-refractivity contribution in [3.8, 4) is 17.0 Å². The fraction of sp³-hybridized carbons (Fsp3) is 0.280. The Morgan fingerprint density at radius 1 is 1.00 bits per heavy atom. The van der Waals surface area contributed by atoms with Crippen LogP contribution in [0.1, 0.15) is 31.2 Å². The van der Waals surface area contributed by atoms with Gasteiger partial charge in [0.25, 0.3) is 0 Å². The number of hydrogen-bond acceptors (Lipinski definition) is 5. The lowest BCUT2D eigenvalue weighted by atomic mass is 9.93. The number of nitrogens with zero attached hydrogens (tertiary/aromatic N) is 3. The van der Waals surface area contributed by atoms with Crippen molar-refractivity contribution < 1.29 is 9.84 Å². The molecule has 1 saturated carbocycles. The van der Waals surface area contributed by atoms with Crippen LogP contribution in [0.3, 0.4) is 0 Å². The summed E-state index contributed by atoms with van der Waals surface area (Å²) in [5, 5.41) is 18.8. The van der Waals surface area contributed by atoms with Crippen molar-refractivity contribution in [2.45, 2.75) is 44.4 Å². The van der Waals surface area contributed by atoms with E-state index in [4.69, 9.17) is 33.0 Å². The number of fused-ring (bicyclic) bond motifs is 1. The maximum atomic E-state index is 9.74. The fourth-order valence-corrected chi connectivity index (χ4v) is 4.75. The first-order chi connectivity index (χ1) is 16.1. The first kappa shape index (κ1) is 22.0. The number of hydrogen-bond donors (Lipinski definition) is 2. The number of imidazole rings is 1. The van der Waals surface area contributed by atoms with Crippen LogP contribution in [-0.2, 0) is 6.61 Å². The van der Waals surface area contributed by atoms with Gasteiger partial charge >= 0.3 is 0 Å². The van der Waals surface area contributed by atoms with Crippen molar-refractivity contribution in [1.82, 2.24) is 14.6 Å². The molecule has 0 aliphatic heterocycles. The Balaban J connectivity index is 1.39. The third-order valence-electron chi connectivity index (χ3n) is 5.93. The Labute approximate surface area is 202 Å². The molecule has 1 aliphatic rings. The second kappa shape index (κ2) is 9.59. The number of halogens is 2. The van der Waals surface area contributed by atoms with E-state index in [9.17, 15) is 5.11 Å². The number of benzene rings is 2. The van der Waals surface area contributed by atoms with Crippen molar-refractivity contribution in [1.29, 1.82) is 0 Å². The third kappa shape index (κ3) is 4.93. The van der Waals surface area contributed by atoms with Crippen LogP contribution in [0.25, 0.3) is 16.9 Å². The number of aliphatic hydroxyl groups excluding tert-OH is 1. The minimum absolute atomic E-state index is 0.187. The number of aliphatic hydroxyl groups is 1. The second-order valence-corrected chi connectivity index (χ2v) is 9.14. The van der Waals surface area contributed by atoms with Gasteiger partial charge in [0.15, 0.2) is 11.4 Å². The predicted octanol–water partition coefficient (Wildman–Crippen LogP) is 6.00. The molecule has 0 atom stereocenters. The standard InChI is InChI=1S/C25H24Cl2N4O2/c26-20-12-17(13-21(27)25(20)33-15-16-4-2-1-3-5-16)22-14-28-24-11-10-23(30-31(22)24)29-18-6-8-19(32)9-7-18/h1-5,10-14,18-19,32H,6-9,15H2,(H,29,30). The molecule has 0 amide bonds. The van der Waals surface area contributed by atoms with Gasteiger partial charge in [-0.2, -0.15) is 0 Å². The molecule has 170 valence electrons. The van der Waals surface area contributed by atoms with Gasteiger partial charge in [-0.1, -0.05) is 53.5 Å². The van der Waals surface area contributed by atoms with Crippen molar-refractivity contribution in [3.05, 3.63) is 76.4 Å². The van der Waals surface area contributed by atoms with Crippen LogP contribution in [-0.4, -0.2) is 31.9 Å². The lowest BCUT2D eigenvalue weighted by Crippen LogP contribution is -2.28. The molecule has 1 aliphatic carbocycles. The SMILES string of the molecule is OC1CCC(Nc2ccc3ncc(-c4cc(Cl)c(OCc5ccccc5)c(Cl)c4)n3n2)CC1. The molecule has 2 N–H and O–H groups in total. The molecule has 2 heterocycles. The molecule has 8 heteroatoms. The quantitative estimate of drug-likeness (QED) is 0.352. The normalized spacial score (nSPS) is 18.4. The highest BCUT2D eigenvalue weighted by Crippen LogP contribution is 2.38. The van der Waals surface area contributed by atoms with E-state index in [-0.39, 0.29) is 6.10 Å². The first-order valence-corrected chi connectivity index (χ1v) is 11.8. The number of ether oxygens (including phenoxy) is 1. The lowest BCUT2D eigenvalue weighted by molar-refractivity contribution is 0.126. The summed E-state index contributed by atoms with van der Waals surface area (Å²) < 4.78 is 7.68. The van der Waals surface area contributed by atoms with E-state index in [2.05, 4.69) is 10.3 Å². The van der Waals surface area contributed by atoms with Gasteiger partial charge < -0.3 is 15.2 Å². The summed E-state index contributed by atoms with van der Waals surface area (Å²) in [6.07, 6.45) is 5.04. The van der Waals surface area contributed by atoms with Crippen LogP contribution in [0.2, 0.25) is 10.0 Å². The average molecular weight is 483 g/mol. The molecular weight excluding hydrogens is 459 g/mol. The molecule has 0 radical (unpaired) electrons. The van der Waals surface area contributed by atoms with Crippen LogP contribution in [0.15, 0.2) is 60.8 Å². The maximum absolute atomic E-state index is 9.74. The number of nitrogens with one attached hydrogen (secondary N) is 1. The fourth-order valence-electron chi connectivity index (χ4n) is 4.15. The largest absolute Gasteiger partial charge is 0.486 e. The smallest absolute Gasteiger partial charge is 0.157 e. The minimum Gasteiger partial charge on any atom is -0.486 e. The van der Waals surface area contributed by atoms with Gasteiger partial charge in [-0.3, -0.25) is 0 Å². The van der Waals surface area contributed by atoms with Crippen molar-refractivity contribution in [3.63, 3.8) is 0 Å². The van der Waals surface area contributed by atoms with Crippen molar-refractivity contribution >= 4 is 34.7 Å². The van der Waals surface area contributed by atoms with E-state index < -0.39 is 0 Å². The van der Waals surface area contributed by atoms with Gasteiger partial charge in [-0.25, -0.2) is 9.50 Å². The Hall–Kier alpha value is -2.80. The maximum Gasteiger partial charge on any atom is 0.157 e. The molecule has 33 heavy (non-hydrogen) atoms. The molecular formula is C25H24Cl2N4O2. The highest BCUT2D eigenvalue weighted by Gasteiger charge is 2.20. The zero-order valence-corrected chi connectivity index (χ0v) is 19.4. The lowest BCUT2D eigenvalue weighted by Gasteiger charge is -2.26. The van der Waals surface area contributed by atoms with E-state index in [1.807, 2.05) is 54.6 Å². The topological polar surface area (TPSA) is 71.7 Å². The summed E-state index contributed by atoms with van der Waals surface area (Å²) >= 11 is 13.1. The van der Waals surface area contributed by atoms with Crippen molar-refractivity contribution in [2.24, 2.45) is 0 Å². The van der Waals surface area contributed by atoms with E-state index in [0.717, 1.165) is 54.0 Å². The Bertz CT molecular complexity index is 1230. The third-order valence-corrected chi connectivity index (χ3v) is 6.49. The minimum atomic E-state index is -0.187. The molecule has 0 saturated heterocycles. The van der Waals surface area contributed by atoms with Gasteiger partial charge in [0.2, 0.25) is 0 Å². The first-order valence-electron chi connectivity index (χ1n) is 11.0. The number of aromatic nitrogens is 3. The summed E-state index contributed by atoms with van der Waals surface area (Å²) in [7, 11) is 0. The van der Waals surface area contributed by atoms with E-state index >= 15 is 0 Å². The Kier molecular flexibility index (Phi) is 6.40. The summed E-state index contributed by atoms with van der Waals surface area (Å²) in [5.74, 6) is 1.22. The molecule has 2 aromatic heterocycles. The Morgan fingerprint density at radius 2 is 1.73 bits per heavy atom. The molecule has 0 spiro atoms. The summed E-state index contributed by atoms with van der Waals surface area (Å²) in [4.78, 5) is 4.47. The van der Waals surface area contributed by atoms with Gasteiger partial charge in [0.1, 0.15) is 12.4 Å². The van der Waals surface area contributed by atoms with Gasteiger partial charge in [-0.05, 0) is 55.5 Å². The van der Waals surface area contributed by atoms with E-state index in [1.165, 1.54) is 0 Å². The number of anilines is 1. The highest BCUT2D eigenvalue weighted by molar-refractivity contribution is 6.37.